The zero-order valence-corrected chi connectivity index (χ0v) is 13.1. The van der Waals surface area contributed by atoms with Crippen LogP contribution in [0.2, 0.25) is 0 Å². The molecule has 0 aliphatic heterocycles. The molecule has 0 atom stereocenters. The summed E-state index contributed by atoms with van der Waals surface area (Å²) in [5.41, 5.74) is 2.74. The van der Waals surface area contributed by atoms with Crippen molar-refractivity contribution >= 4 is 22.9 Å². The molecule has 0 saturated heterocycles. The van der Waals surface area contributed by atoms with E-state index in [0.29, 0.717) is 0 Å². The SMILES string of the molecule is C1=c2ccccc2=c2ccc3c(c21)C=c1c=3ccc2ccccc12. The van der Waals surface area contributed by atoms with Gasteiger partial charge >= 0.3 is 0 Å². The number of hydrogen-bond donors (Lipinski definition) is 0. The molecule has 0 amide bonds. The van der Waals surface area contributed by atoms with Crippen LogP contribution in [-0.4, -0.2) is 0 Å². The standard InChI is InChI=1S/C24H14/c1-3-7-17-15(5-1)9-10-20-21-12-11-19-18-8-4-2-6-16(18)13-22(19)24(21)14-23(17)20/h1-14H. The Bertz CT molecular complexity index is 1490. The van der Waals surface area contributed by atoms with E-state index in [1.165, 1.54) is 53.2 Å². The maximum atomic E-state index is 2.38. The average Bonchev–Trinajstić information content (AvgIpc) is 3.20. The summed E-state index contributed by atoms with van der Waals surface area (Å²) in [6.45, 7) is 0. The molecule has 0 saturated carbocycles. The Morgan fingerprint density at radius 3 is 2.12 bits per heavy atom. The highest BCUT2D eigenvalue weighted by Crippen LogP contribution is 2.22. The van der Waals surface area contributed by atoms with Gasteiger partial charge in [-0.05, 0) is 65.4 Å². The van der Waals surface area contributed by atoms with Crippen LogP contribution in [0.25, 0.3) is 22.9 Å². The predicted octanol–water partition coefficient (Wildman–Crippen LogP) is 3.70. The van der Waals surface area contributed by atoms with Crippen LogP contribution in [0.5, 0.6) is 0 Å². The highest BCUT2D eigenvalue weighted by Gasteiger charge is 2.12. The molecule has 2 aliphatic carbocycles. The zero-order valence-electron chi connectivity index (χ0n) is 13.1. The summed E-state index contributed by atoms with van der Waals surface area (Å²) in [6.07, 6.45) is 4.72. The van der Waals surface area contributed by atoms with Gasteiger partial charge in [-0.3, -0.25) is 0 Å². The monoisotopic (exact) mass is 302 g/mol. The van der Waals surface area contributed by atoms with E-state index in [1.54, 1.807) is 0 Å². The van der Waals surface area contributed by atoms with Crippen molar-refractivity contribution in [3.63, 3.8) is 0 Å². The summed E-state index contributed by atoms with van der Waals surface area (Å²) in [4.78, 5) is 0. The van der Waals surface area contributed by atoms with Gasteiger partial charge in [0, 0.05) is 0 Å². The molecule has 0 heteroatoms. The maximum Gasteiger partial charge on any atom is -0.00923 e. The maximum absolute atomic E-state index is 2.38. The molecule has 0 nitrogen and oxygen atoms in total. The largest absolute Gasteiger partial charge is 0.0616 e. The predicted molar refractivity (Wildman–Crippen MR) is 98.6 cm³/mol. The number of hydrogen-bond acceptors (Lipinski definition) is 0. The van der Waals surface area contributed by atoms with Crippen LogP contribution in [0, 0.1) is 20.9 Å². The highest BCUT2D eigenvalue weighted by molar-refractivity contribution is 5.86. The first-order valence-electron chi connectivity index (χ1n) is 8.38. The highest BCUT2D eigenvalue weighted by atomic mass is 14.2. The molecule has 24 heavy (non-hydrogen) atoms. The number of fused-ring (bicyclic) bond motifs is 7. The van der Waals surface area contributed by atoms with E-state index in [-0.39, 0.29) is 0 Å². The second kappa shape index (κ2) is 4.24. The van der Waals surface area contributed by atoms with Gasteiger partial charge in [-0.1, -0.05) is 72.8 Å². The van der Waals surface area contributed by atoms with E-state index in [4.69, 9.17) is 0 Å². The second-order valence-corrected chi connectivity index (χ2v) is 6.61. The first-order valence-corrected chi connectivity index (χ1v) is 8.38. The van der Waals surface area contributed by atoms with Crippen LogP contribution in [0.1, 0.15) is 11.1 Å². The lowest BCUT2D eigenvalue weighted by molar-refractivity contribution is 1.44. The van der Waals surface area contributed by atoms with Crippen LogP contribution in [0.15, 0.2) is 72.8 Å². The topological polar surface area (TPSA) is 0 Å². The van der Waals surface area contributed by atoms with E-state index in [0.717, 1.165) is 0 Å². The van der Waals surface area contributed by atoms with Gasteiger partial charge in [0.05, 0.1) is 0 Å². The Balaban J connectivity index is 1.88. The Morgan fingerprint density at radius 2 is 1.17 bits per heavy atom. The van der Waals surface area contributed by atoms with Crippen molar-refractivity contribution in [2.75, 3.05) is 0 Å². The zero-order chi connectivity index (χ0) is 15.7. The molecule has 0 radical (unpaired) electrons. The molecule has 0 bridgehead atoms. The van der Waals surface area contributed by atoms with Gasteiger partial charge in [0.1, 0.15) is 0 Å². The second-order valence-electron chi connectivity index (χ2n) is 6.61. The fraction of sp³-hybridized carbons (Fsp3) is 0. The minimum Gasteiger partial charge on any atom is -0.0616 e. The average molecular weight is 302 g/mol. The van der Waals surface area contributed by atoms with Gasteiger partial charge in [0.25, 0.3) is 0 Å². The smallest absolute Gasteiger partial charge is 0.00923 e. The quantitative estimate of drug-likeness (QED) is 0.401. The number of rotatable bonds is 0. The number of benzene rings is 4. The molecule has 110 valence electrons. The van der Waals surface area contributed by atoms with Crippen molar-refractivity contribution < 1.29 is 0 Å². The fourth-order valence-electron chi connectivity index (χ4n) is 4.27. The molecule has 4 aromatic rings. The van der Waals surface area contributed by atoms with Crippen LogP contribution in [-0.2, 0) is 0 Å². The third-order valence-electron chi connectivity index (χ3n) is 5.39. The van der Waals surface area contributed by atoms with E-state index in [9.17, 15) is 0 Å². The first-order chi connectivity index (χ1) is 11.9. The Hall–Kier alpha value is -3.12. The van der Waals surface area contributed by atoms with Crippen LogP contribution in [0.3, 0.4) is 0 Å². The third kappa shape index (κ3) is 1.43. The van der Waals surface area contributed by atoms with Gasteiger partial charge in [-0.2, -0.15) is 0 Å². The minimum atomic E-state index is 1.31. The molecular weight excluding hydrogens is 288 g/mol. The summed E-state index contributed by atoms with van der Waals surface area (Å²) in [5.74, 6) is 0. The molecule has 0 unspecified atom stereocenters. The van der Waals surface area contributed by atoms with Gasteiger partial charge < -0.3 is 0 Å². The van der Waals surface area contributed by atoms with Crippen LogP contribution < -0.4 is 10.4 Å². The van der Waals surface area contributed by atoms with Crippen molar-refractivity contribution in [1.29, 1.82) is 0 Å². The minimum absolute atomic E-state index is 1.31. The molecular formula is C24H14. The lowest BCUT2D eigenvalue weighted by atomic mass is 10.0. The molecule has 2 aliphatic rings. The Morgan fingerprint density at radius 1 is 0.458 bits per heavy atom. The van der Waals surface area contributed by atoms with Gasteiger partial charge in [0.15, 0.2) is 0 Å². The summed E-state index contributed by atoms with van der Waals surface area (Å²) in [6, 6.07) is 26.4. The Labute approximate surface area is 138 Å². The molecule has 0 N–H and O–H groups in total. The van der Waals surface area contributed by atoms with E-state index < -0.39 is 0 Å². The van der Waals surface area contributed by atoms with Gasteiger partial charge in [-0.15, -0.1) is 0 Å². The van der Waals surface area contributed by atoms with Crippen molar-refractivity contribution in [2.45, 2.75) is 0 Å². The third-order valence-corrected chi connectivity index (χ3v) is 5.39. The van der Waals surface area contributed by atoms with E-state index in [2.05, 4.69) is 84.9 Å². The van der Waals surface area contributed by atoms with Crippen LogP contribution in [0.4, 0.5) is 0 Å². The van der Waals surface area contributed by atoms with Crippen molar-refractivity contribution in [3.8, 4) is 0 Å². The molecule has 6 rings (SSSR count). The molecule has 0 heterocycles. The normalized spacial score (nSPS) is 12.8. The summed E-state index contributed by atoms with van der Waals surface area (Å²) in [7, 11) is 0. The summed E-state index contributed by atoms with van der Waals surface area (Å²) >= 11 is 0. The van der Waals surface area contributed by atoms with E-state index >= 15 is 0 Å². The lowest BCUT2D eigenvalue weighted by Crippen LogP contribution is -2.01. The fourth-order valence-corrected chi connectivity index (χ4v) is 4.27. The van der Waals surface area contributed by atoms with E-state index in [1.807, 2.05) is 0 Å². The molecule has 0 fully saturated rings. The van der Waals surface area contributed by atoms with Gasteiger partial charge in [-0.25, -0.2) is 0 Å². The lowest BCUT2D eigenvalue weighted by Gasteiger charge is -1.98. The van der Waals surface area contributed by atoms with Crippen molar-refractivity contribution in [3.05, 3.63) is 115 Å². The summed E-state index contributed by atoms with van der Waals surface area (Å²) < 4.78 is 0. The van der Waals surface area contributed by atoms with Crippen LogP contribution >= 0.6 is 0 Å². The Kier molecular flexibility index (Phi) is 2.18. The summed E-state index contributed by atoms with van der Waals surface area (Å²) in [5, 5.41) is 10.8. The molecule has 0 spiro atoms. The van der Waals surface area contributed by atoms with Crippen molar-refractivity contribution in [1.82, 2.24) is 0 Å². The van der Waals surface area contributed by atoms with Gasteiger partial charge in [0.2, 0.25) is 0 Å². The molecule has 0 aromatic heterocycles. The van der Waals surface area contributed by atoms with Crippen molar-refractivity contribution in [2.24, 2.45) is 0 Å². The first kappa shape index (κ1) is 12.3. The molecule has 4 aromatic carbocycles.